The molecule has 1 unspecified atom stereocenters. The molecule has 1 heteroatoms. The first-order chi connectivity index (χ1) is 14.5. The summed E-state index contributed by atoms with van der Waals surface area (Å²) in [5.41, 5.74) is 5.56. The van der Waals surface area contributed by atoms with Gasteiger partial charge < -0.3 is 0 Å². The average molecular weight is 366 g/mol. The summed E-state index contributed by atoms with van der Waals surface area (Å²) in [6.07, 6.45) is 1.32. The predicted octanol–water partition coefficient (Wildman–Crippen LogP) is 6.66. The van der Waals surface area contributed by atoms with Gasteiger partial charge in [0.1, 0.15) is 8.42 Å². The van der Waals surface area contributed by atoms with Crippen LogP contribution >= 0.6 is 0 Å². The summed E-state index contributed by atoms with van der Waals surface area (Å²) in [6.45, 7) is 9.60. The van der Waals surface area contributed by atoms with Crippen LogP contribution in [-0.4, -0.2) is 0 Å². The maximum Gasteiger partial charge on any atom is 0.220 e. The van der Waals surface area contributed by atoms with Crippen molar-refractivity contribution in [1.29, 1.82) is 0 Å². The van der Waals surface area contributed by atoms with Gasteiger partial charge in [-0.2, -0.15) is 0 Å². The highest BCUT2D eigenvalue weighted by Gasteiger charge is 2.20. The van der Waals surface area contributed by atoms with Crippen LogP contribution in [0, 0.1) is 19.3 Å². The first-order valence-electron chi connectivity index (χ1n) is 12.1. The van der Waals surface area contributed by atoms with Crippen LogP contribution in [0.4, 0.5) is 0 Å². The van der Waals surface area contributed by atoms with Crippen LogP contribution < -0.4 is 4.57 Å². The largest absolute Gasteiger partial charge is 0.220 e. The Morgan fingerprint density at radius 3 is 2.56 bits per heavy atom. The van der Waals surface area contributed by atoms with E-state index < -0.39 is 12.7 Å². The summed E-state index contributed by atoms with van der Waals surface area (Å²) in [4.78, 5) is 0. The summed E-state index contributed by atoms with van der Waals surface area (Å²) in [5.74, 6) is -1.73. The van der Waals surface area contributed by atoms with Gasteiger partial charge in [0.05, 0.1) is 10.9 Å². The van der Waals surface area contributed by atoms with Crippen LogP contribution in [0.1, 0.15) is 69.5 Å². The minimum Gasteiger partial charge on any atom is -0.200 e. The predicted molar refractivity (Wildman–Crippen MR) is 117 cm³/mol. The van der Waals surface area contributed by atoms with E-state index in [4.69, 9.17) is 6.85 Å². The van der Waals surface area contributed by atoms with Crippen molar-refractivity contribution >= 4 is 10.8 Å². The molecule has 0 saturated heterocycles. The van der Waals surface area contributed by atoms with E-state index in [1.54, 1.807) is 0 Å². The van der Waals surface area contributed by atoms with E-state index in [0.717, 1.165) is 39.6 Å². The molecule has 27 heavy (non-hydrogen) atoms. The molecule has 2 aromatic carbocycles. The molecule has 0 aliphatic rings. The molecule has 1 nitrogen and oxygen atoms in total. The number of fused-ring (bicyclic) bond motifs is 1. The van der Waals surface area contributed by atoms with Gasteiger partial charge in [0.25, 0.3) is 0 Å². The third-order valence-corrected chi connectivity index (χ3v) is 5.21. The summed E-state index contributed by atoms with van der Waals surface area (Å²) >= 11 is 0. The fourth-order valence-corrected chi connectivity index (χ4v) is 3.73. The van der Waals surface area contributed by atoms with E-state index in [0.29, 0.717) is 11.7 Å². The van der Waals surface area contributed by atoms with Gasteiger partial charge in [0.15, 0.2) is 6.17 Å². The highest BCUT2D eigenvalue weighted by atomic mass is 14.9. The summed E-state index contributed by atoms with van der Waals surface area (Å²) in [5, 5.41) is 2.01. The minimum atomic E-state index is -2.45. The van der Waals surface area contributed by atoms with Gasteiger partial charge in [0, 0.05) is 11.5 Å². The highest BCUT2D eigenvalue weighted by Crippen LogP contribution is 2.33. The van der Waals surface area contributed by atoms with Crippen molar-refractivity contribution in [2.24, 2.45) is 12.5 Å². The number of benzene rings is 2. The van der Waals surface area contributed by atoms with E-state index in [1.807, 2.05) is 43.7 Å². The number of aromatic nitrogens is 1. The molecule has 3 aromatic rings. The SMILES string of the molecule is [2H]c1cc2cc(CC(C)(C)C)ccc2c(-c2cc(C([2H])(C)C([2H])([2H])[2H])cc(C)c2C)[n+]1C. The van der Waals surface area contributed by atoms with Crippen molar-refractivity contribution in [3.63, 3.8) is 0 Å². The number of rotatable bonds is 3. The normalized spacial score (nSPS) is 17.5. The summed E-state index contributed by atoms with van der Waals surface area (Å²) in [7, 11) is 1.87. The molecule has 0 N–H and O–H groups in total. The first-order valence-corrected chi connectivity index (χ1v) is 9.57. The van der Waals surface area contributed by atoms with Crippen molar-refractivity contribution < 1.29 is 11.4 Å². The minimum absolute atomic E-state index is 0.162. The Kier molecular flexibility index (Phi) is 3.67. The molecular weight excluding hydrogens is 326 g/mol. The lowest BCUT2D eigenvalue weighted by Crippen LogP contribution is -2.31. The van der Waals surface area contributed by atoms with E-state index in [9.17, 15) is 0 Å². The number of aryl methyl sites for hydroxylation is 1. The third-order valence-electron chi connectivity index (χ3n) is 5.21. The number of hydrogen-bond donors (Lipinski definition) is 0. The van der Waals surface area contributed by atoms with Gasteiger partial charge >= 0.3 is 0 Å². The highest BCUT2D eigenvalue weighted by molar-refractivity contribution is 5.94. The van der Waals surface area contributed by atoms with Crippen molar-refractivity contribution in [2.45, 2.75) is 60.7 Å². The zero-order valence-electron chi connectivity index (χ0n) is 22.6. The second-order valence-electron chi connectivity index (χ2n) is 8.93. The van der Waals surface area contributed by atoms with Crippen molar-refractivity contribution in [3.8, 4) is 11.3 Å². The molecule has 0 radical (unpaired) electrons. The van der Waals surface area contributed by atoms with Crippen LogP contribution in [0.3, 0.4) is 0 Å². The van der Waals surface area contributed by atoms with Gasteiger partial charge in [-0.1, -0.05) is 52.7 Å². The Labute approximate surface area is 172 Å². The first kappa shape index (κ1) is 13.9. The summed E-state index contributed by atoms with van der Waals surface area (Å²) in [6, 6.07) is 11.9. The second-order valence-corrected chi connectivity index (χ2v) is 8.93. The Bertz CT molecular complexity index is 1180. The molecule has 3 rings (SSSR count). The molecule has 0 saturated carbocycles. The smallest absolute Gasteiger partial charge is 0.200 e. The molecule has 0 amide bonds. The number of hydrogen-bond acceptors (Lipinski definition) is 0. The topological polar surface area (TPSA) is 3.88 Å². The molecule has 0 aliphatic heterocycles. The van der Waals surface area contributed by atoms with Gasteiger partial charge in [-0.3, -0.25) is 0 Å². The van der Waals surface area contributed by atoms with Crippen molar-refractivity contribution in [3.05, 3.63) is 64.8 Å². The van der Waals surface area contributed by atoms with Gasteiger partial charge in [-0.05, 0) is 71.4 Å². The molecule has 0 fully saturated rings. The summed E-state index contributed by atoms with van der Waals surface area (Å²) < 4.78 is 42.7. The fourth-order valence-electron chi connectivity index (χ4n) is 3.73. The van der Waals surface area contributed by atoms with E-state index in [1.165, 1.54) is 12.5 Å². The van der Waals surface area contributed by atoms with Crippen molar-refractivity contribution in [2.75, 3.05) is 0 Å². The van der Waals surface area contributed by atoms with Gasteiger partial charge in [-0.25, -0.2) is 4.57 Å². The Hall–Kier alpha value is -2.15. The molecule has 1 aromatic heterocycles. The maximum absolute atomic E-state index is 8.61. The quantitative estimate of drug-likeness (QED) is 0.457. The molecule has 1 atom stereocenters. The zero-order chi connectivity index (χ0) is 24.2. The lowest BCUT2D eigenvalue weighted by molar-refractivity contribution is -0.659. The monoisotopic (exact) mass is 365 g/mol. The second kappa shape index (κ2) is 7.11. The lowest BCUT2D eigenvalue weighted by Gasteiger charge is -2.19. The zero-order valence-corrected chi connectivity index (χ0v) is 17.6. The molecule has 0 spiro atoms. The molecule has 142 valence electrons. The Morgan fingerprint density at radius 1 is 1.15 bits per heavy atom. The van der Waals surface area contributed by atoms with E-state index in [2.05, 4.69) is 39.0 Å². The average Bonchev–Trinajstić information content (AvgIpc) is 2.63. The Balaban J connectivity index is 2.33. The van der Waals surface area contributed by atoms with E-state index in [-0.39, 0.29) is 5.41 Å². The van der Waals surface area contributed by atoms with Gasteiger partial charge in [0.2, 0.25) is 5.69 Å². The van der Waals surface area contributed by atoms with Crippen LogP contribution in [0.5, 0.6) is 0 Å². The molecule has 0 bridgehead atoms. The standard InChI is InChI=1S/C26H34N/c1-17(2)22-13-18(3)19(4)24(15-22)25-23-10-9-20(16-26(5,6)7)14-21(23)11-12-27(25)8/h9-15,17H,16H2,1-8H3/q+1/i1D3,12D,17D. The van der Waals surface area contributed by atoms with E-state index >= 15 is 0 Å². The van der Waals surface area contributed by atoms with Crippen LogP contribution in [0.25, 0.3) is 22.0 Å². The Morgan fingerprint density at radius 2 is 1.89 bits per heavy atom. The fraction of sp³-hybridized carbons (Fsp3) is 0.423. The number of nitrogens with zero attached hydrogens (tertiary/aromatic N) is 1. The number of pyridine rings is 1. The maximum atomic E-state index is 8.61. The lowest BCUT2D eigenvalue weighted by atomic mass is 9.87. The third kappa shape index (κ3) is 4.08. The van der Waals surface area contributed by atoms with Crippen LogP contribution in [-0.2, 0) is 13.5 Å². The van der Waals surface area contributed by atoms with Crippen LogP contribution in [0.15, 0.2) is 42.6 Å². The van der Waals surface area contributed by atoms with Crippen LogP contribution in [0.2, 0.25) is 0 Å². The van der Waals surface area contributed by atoms with Gasteiger partial charge in [-0.15, -0.1) is 0 Å². The van der Waals surface area contributed by atoms with Crippen molar-refractivity contribution in [1.82, 2.24) is 0 Å². The molecular formula is C26H34N+. The molecule has 0 aliphatic carbocycles. The molecule has 1 heterocycles.